The molecular formula is C20H13F6N3O2. The summed E-state index contributed by atoms with van der Waals surface area (Å²) in [5.41, 5.74) is -2.65. The highest BCUT2D eigenvalue weighted by Crippen LogP contribution is 2.34. The van der Waals surface area contributed by atoms with E-state index in [9.17, 15) is 36.2 Å². The van der Waals surface area contributed by atoms with Crippen molar-refractivity contribution >= 4 is 22.5 Å². The summed E-state index contributed by atoms with van der Waals surface area (Å²) >= 11 is 0. The second-order valence-corrected chi connectivity index (χ2v) is 6.61. The standard InChI is InChI=1S/C20H13F6N3O2/c21-19(22,23)13-2-4-16-11(7-13)5-6-29(16)10-17(30)18(31)28-14-3-1-12(9-27)15(8-14)20(24,25)26/h1-8,17,30H,10H2,(H,28,31)/t17-/m0/s1. The van der Waals surface area contributed by atoms with Crippen molar-refractivity contribution in [3.05, 3.63) is 65.4 Å². The number of nitrogens with one attached hydrogen (secondary N) is 1. The first-order valence-electron chi connectivity index (χ1n) is 8.66. The third kappa shape index (κ3) is 4.80. The number of nitriles is 1. The number of benzene rings is 2. The first-order valence-corrected chi connectivity index (χ1v) is 8.66. The van der Waals surface area contributed by atoms with E-state index in [-0.39, 0.29) is 17.6 Å². The van der Waals surface area contributed by atoms with Crippen LogP contribution in [0, 0.1) is 11.3 Å². The van der Waals surface area contributed by atoms with Gasteiger partial charge in [-0.1, -0.05) is 0 Å². The van der Waals surface area contributed by atoms with Gasteiger partial charge in [0, 0.05) is 22.8 Å². The minimum atomic E-state index is -4.82. The van der Waals surface area contributed by atoms with Gasteiger partial charge < -0.3 is 15.0 Å². The molecule has 0 unspecified atom stereocenters. The van der Waals surface area contributed by atoms with Crippen LogP contribution in [0.5, 0.6) is 0 Å². The monoisotopic (exact) mass is 441 g/mol. The van der Waals surface area contributed by atoms with E-state index in [1.54, 1.807) is 0 Å². The molecule has 162 valence electrons. The van der Waals surface area contributed by atoms with Crippen LogP contribution in [0.3, 0.4) is 0 Å². The molecule has 1 atom stereocenters. The van der Waals surface area contributed by atoms with Crippen LogP contribution in [0.1, 0.15) is 16.7 Å². The number of amides is 1. The van der Waals surface area contributed by atoms with Gasteiger partial charge in [-0.3, -0.25) is 4.79 Å². The average Bonchev–Trinajstić information content (AvgIpc) is 3.08. The molecule has 0 aliphatic rings. The van der Waals surface area contributed by atoms with E-state index in [1.807, 2.05) is 0 Å². The number of hydrogen-bond donors (Lipinski definition) is 2. The number of halogens is 6. The number of fused-ring (bicyclic) bond motifs is 1. The second kappa shape index (κ2) is 7.96. The summed E-state index contributed by atoms with van der Waals surface area (Å²) in [7, 11) is 0. The van der Waals surface area contributed by atoms with Crippen LogP contribution in [0.4, 0.5) is 32.0 Å². The third-order valence-electron chi connectivity index (χ3n) is 4.48. The lowest BCUT2D eigenvalue weighted by atomic mass is 10.1. The second-order valence-electron chi connectivity index (χ2n) is 6.61. The smallest absolute Gasteiger partial charge is 0.381 e. The molecule has 31 heavy (non-hydrogen) atoms. The number of aliphatic hydroxyl groups is 1. The number of carbonyl (C=O) groups is 1. The van der Waals surface area contributed by atoms with Crippen molar-refractivity contribution in [1.82, 2.24) is 4.57 Å². The van der Waals surface area contributed by atoms with Crippen LogP contribution in [-0.4, -0.2) is 21.7 Å². The Hall–Kier alpha value is -3.52. The Morgan fingerprint density at radius 3 is 2.39 bits per heavy atom. The molecule has 5 nitrogen and oxygen atoms in total. The van der Waals surface area contributed by atoms with Crippen molar-refractivity contribution in [2.45, 2.75) is 25.0 Å². The van der Waals surface area contributed by atoms with Crippen LogP contribution >= 0.6 is 0 Å². The van der Waals surface area contributed by atoms with Gasteiger partial charge in [-0.2, -0.15) is 31.6 Å². The van der Waals surface area contributed by atoms with Crippen molar-refractivity contribution in [2.75, 3.05) is 5.32 Å². The number of carbonyl (C=O) groups excluding carboxylic acids is 1. The lowest BCUT2D eigenvalue weighted by Gasteiger charge is -2.15. The number of anilines is 1. The molecule has 0 radical (unpaired) electrons. The Bertz CT molecular complexity index is 1170. The predicted octanol–water partition coefficient (Wildman–Crippen LogP) is 4.55. The van der Waals surface area contributed by atoms with Gasteiger partial charge >= 0.3 is 12.4 Å². The van der Waals surface area contributed by atoms with Crippen LogP contribution in [-0.2, 0) is 23.7 Å². The fourth-order valence-electron chi connectivity index (χ4n) is 2.98. The minimum Gasteiger partial charge on any atom is -0.381 e. The molecule has 0 bridgehead atoms. The molecule has 0 aliphatic heterocycles. The topological polar surface area (TPSA) is 78.1 Å². The molecule has 1 amide bonds. The lowest BCUT2D eigenvalue weighted by Crippen LogP contribution is -2.31. The van der Waals surface area contributed by atoms with Crippen molar-refractivity contribution in [3.63, 3.8) is 0 Å². The van der Waals surface area contributed by atoms with Crippen molar-refractivity contribution in [2.24, 2.45) is 0 Å². The maximum absolute atomic E-state index is 13.0. The van der Waals surface area contributed by atoms with E-state index in [1.165, 1.54) is 29.0 Å². The highest BCUT2D eigenvalue weighted by molar-refractivity contribution is 5.94. The fraction of sp³-hybridized carbons (Fsp3) is 0.200. The molecule has 0 saturated heterocycles. The summed E-state index contributed by atoms with van der Waals surface area (Å²) in [5.74, 6) is -1.02. The number of hydrogen-bond acceptors (Lipinski definition) is 3. The Morgan fingerprint density at radius 1 is 1.06 bits per heavy atom. The molecule has 3 rings (SSSR count). The van der Waals surface area contributed by atoms with Gasteiger partial charge in [-0.15, -0.1) is 0 Å². The maximum atomic E-state index is 13.0. The number of aliphatic hydroxyl groups excluding tert-OH is 1. The fourth-order valence-corrected chi connectivity index (χ4v) is 2.98. The SMILES string of the molecule is N#Cc1ccc(NC(=O)[C@@H](O)Cn2ccc3cc(C(F)(F)F)ccc32)cc1C(F)(F)F. The molecule has 11 heteroatoms. The Labute approximate surface area is 171 Å². The molecule has 2 N–H and O–H groups in total. The normalized spacial score (nSPS) is 13.1. The summed E-state index contributed by atoms with van der Waals surface area (Å²) in [5, 5.41) is 21.3. The van der Waals surface area contributed by atoms with E-state index in [2.05, 4.69) is 5.32 Å². The van der Waals surface area contributed by atoms with Gasteiger partial charge in [0.15, 0.2) is 6.10 Å². The zero-order chi connectivity index (χ0) is 23.0. The van der Waals surface area contributed by atoms with E-state index >= 15 is 0 Å². The zero-order valence-corrected chi connectivity index (χ0v) is 15.4. The number of nitrogens with zero attached hydrogens (tertiary/aromatic N) is 2. The molecule has 0 aliphatic carbocycles. The summed E-state index contributed by atoms with van der Waals surface area (Å²) in [6, 6.07) is 8.32. The van der Waals surface area contributed by atoms with Crippen molar-refractivity contribution in [3.8, 4) is 6.07 Å². The van der Waals surface area contributed by atoms with Gasteiger partial charge in [-0.25, -0.2) is 0 Å². The molecular weight excluding hydrogens is 428 g/mol. The molecule has 0 spiro atoms. The lowest BCUT2D eigenvalue weighted by molar-refractivity contribution is -0.138. The Balaban J connectivity index is 1.77. The van der Waals surface area contributed by atoms with Crippen molar-refractivity contribution in [1.29, 1.82) is 5.26 Å². The predicted molar refractivity (Wildman–Crippen MR) is 97.7 cm³/mol. The van der Waals surface area contributed by atoms with Crippen LogP contribution < -0.4 is 5.32 Å². The summed E-state index contributed by atoms with van der Waals surface area (Å²) in [6.45, 7) is -0.344. The van der Waals surface area contributed by atoms with Gasteiger partial charge in [-0.05, 0) is 42.5 Å². The van der Waals surface area contributed by atoms with E-state index in [4.69, 9.17) is 5.26 Å². The summed E-state index contributed by atoms with van der Waals surface area (Å²) in [6.07, 6.45) is -9.66. The van der Waals surface area contributed by atoms with Crippen LogP contribution in [0.2, 0.25) is 0 Å². The first-order chi connectivity index (χ1) is 14.4. The molecule has 2 aromatic carbocycles. The number of rotatable bonds is 4. The van der Waals surface area contributed by atoms with Crippen molar-refractivity contribution < 1.29 is 36.2 Å². The molecule has 0 saturated carbocycles. The number of aromatic nitrogens is 1. The molecule has 0 fully saturated rings. The van der Waals surface area contributed by atoms with E-state index in [0.717, 1.165) is 24.3 Å². The minimum absolute atomic E-state index is 0.240. The van der Waals surface area contributed by atoms with Crippen LogP contribution in [0.25, 0.3) is 10.9 Å². The van der Waals surface area contributed by atoms with Gasteiger partial charge in [0.2, 0.25) is 0 Å². The summed E-state index contributed by atoms with van der Waals surface area (Å²) < 4.78 is 78.8. The highest BCUT2D eigenvalue weighted by atomic mass is 19.4. The summed E-state index contributed by atoms with van der Waals surface area (Å²) in [4.78, 5) is 12.2. The Morgan fingerprint density at radius 2 is 1.77 bits per heavy atom. The highest BCUT2D eigenvalue weighted by Gasteiger charge is 2.34. The maximum Gasteiger partial charge on any atom is 0.417 e. The molecule has 1 aromatic heterocycles. The number of alkyl halides is 6. The molecule has 3 aromatic rings. The zero-order valence-electron chi connectivity index (χ0n) is 15.4. The quantitative estimate of drug-likeness (QED) is 0.584. The van der Waals surface area contributed by atoms with Gasteiger partial charge in [0.05, 0.1) is 29.3 Å². The van der Waals surface area contributed by atoms with E-state index < -0.39 is 41.1 Å². The Kier molecular flexibility index (Phi) is 5.69. The first kappa shape index (κ1) is 22.2. The average molecular weight is 441 g/mol. The van der Waals surface area contributed by atoms with Gasteiger partial charge in [0.25, 0.3) is 5.91 Å². The largest absolute Gasteiger partial charge is 0.417 e. The van der Waals surface area contributed by atoms with E-state index in [0.29, 0.717) is 11.6 Å². The third-order valence-corrected chi connectivity index (χ3v) is 4.48. The van der Waals surface area contributed by atoms with Gasteiger partial charge in [0.1, 0.15) is 0 Å². The molecule has 1 heterocycles. The van der Waals surface area contributed by atoms with Crippen LogP contribution in [0.15, 0.2) is 48.7 Å².